The minimum absolute atomic E-state index is 0.0149. The Morgan fingerprint density at radius 1 is 1.28 bits per heavy atom. The van der Waals surface area contributed by atoms with Gasteiger partial charge in [-0.15, -0.1) is 10.2 Å². The van der Waals surface area contributed by atoms with Crippen LogP contribution in [0.5, 0.6) is 0 Å². The van der Waals surface area contributed by atoms with E-state index in [4.69, 9.17) is 4.74 Å². The number of hydrogen-bond acceptors (Lipinski definition) is 5. The second-order valence-corrected chi connectivity index (χ2v) is 10.1. The number of carbonyl (C=O) groups is 1. The maximum atomic E-state index is 13.1. The second-order valence-electron chi connectivity index (χ2n) is 10.1. The minimum atomic E-state index is -0.436. The van der Waals surface area contributed by atoms with Crippen LogP contribution < -0.4 is 10.9 Å². The Kier molecular flexibility index (Phi) is 6.46. The molecular formula is C22H36N4O3. The average molecular weight is 405 g/mol. The molecule has 2 unspecified atom stereocenters. The molecule has 2 N–H and O–H groups in total. The van der Waals surface area contributed by atoms with E-state index in [0.717, 1.165) is 38.5 Å². The molecule has 162 valence electrons. The predicted octanol–water partition coefficient (Wildman–Crippen LogP) is 3.83. The first-order valence-corrected chi connectivity index (χ1v) is 11.0. The van der Waals surface area contributed by atoms with E-state index in [1.54, 1.807) is 0 Å². The number of aromatic nitrogens is 3. The van der Waals surface area contributed by atoms with Crippen LogP contribution in [0.2, 0.25) is 0 Å². The van der Waals surface area contributed by atoms with Gasteiger partial charge < -0.3 is 15.0 Å². The zero-order valence-electron chi connectivity index (χ0n) is 18.5. The van der Waals surface area contributed by atoms with Gasteiger partial charge >= 0.3 is 0 Å². The normalized spacial score (nSPS) is 28.9. The first kappa shape index (κ1) is 21.9. The molecule has 1 aromatic rings. The fraction of sp³-hybridized carbons (Fsp3) is 0.818. The van der Waals surface area contributed by atoms with E-state index in [0.29, 0.717) is 24.8 Å². The molecule has 29 heavy (non-hydrogen) atoms. The molecule has 1 saturated heterocycles. The number of hydrogen-bond donors (Lipinski definition) is 2. The van der Waals surface area contributed by atoms with Gasteiger partial charge in [-0.25, -0.2) is 0 Å². The molecule has 7 heteroatoms. The summed E-state index contributed by atoms with van der Waals surface area (Å²) in [5, 5.41) is 11.4. The second kappa shape index (κ2) is 8.54. The molecule has 0 bridgehead atoms. The number of aromatic amines is 1. The van der Waals surface area contributed by atoms with Crippen molar-refractivity contribution in [1.82, 2.24) is 20.5 Å². The standard InChI is InChI=1S/C22H36N4O3/c1-6-15(17-19(27)24-18(26-25-17)16-8-7-13-29-16)23-20(28)22(5)11-9-14(10-12-22)21(2,3)4/h14-16H,6-13H2,1-5H3,(H,23,28)(H,24,26,27). The smallest absolute Gasteiger partial charge is 0.275 e. The number of carbonyl (C=O) groups excluding carboxylic acids is 1. The predicted molar refractivity (Wildman–Crippen MR) is 111 cm³/mol. The fourth-order valence-electron chi connectivity index (χ4n) is 4.57. The Morgan fingerprint density at radius 3 is 2.48 bits per heavy atom. The lowest BCUT2D eigenvalue weighted by atomic mass is 9.64. The number of nitrogens with one attached hydrogen (secondary N) is 2. The van der Waals surface area contributed by atoms with Crippen LogP contribution in [-0.2, 0) is 9.53 Å². The average Bonchev–Trinajstić information content (AvgIpc) is 3.20. The van der Waals surface area contributed by atoms with Gasteiger partial charge in [-0.05, 0) is 56.3 Å². The lowest BCUT2D eigenvalue weighted by Crippen LogP contribution is -2.45. The van der Waals surface area contributed by atoms with Crippen LogP contribution >= 0.6 is 0 Å². The lowest BCUT2D eigenvalue weighted by molar-refractivity contribution is -0.133. The topological polar surface area (TPSA) is 97.0 Å². The van der Waals surface area contributed by atoms with Crippen molar-refractivity contribution in [3.8, 4) is 0 Å². The molecule has 7 nitrogen and oxygen atoms in total. The summed E-state index contributed by atoms with van der Waals surface area (Å²) in [5.74, 6) is 1.13. The van der Waals surface area contributed by atoms with Gasteiger partial charge in [-0.3, -0.25) is 9.59 Å². The van der Waals surface area contributed by atoms with E-state index in [1.165, 1.54) is 0 Å². The van der Waals surface area contributed by atoms with Crippen molar-refractivity contribution in [2.75, 3.05) is 6.61 Å². The molecule has 1 aliphatic heterocycles. The van der Waals surface area contributed by atoms with Gasteiger partial charge in [0, 0.05) is 12.0 Å². The van der Waals surface area contributed by atoms with Gasteiger partial charge in [0.05, 0.1) is 6.04 Å². The fourth-order valence-corrected chi connectivity index (χ4v) is 4.57. The third-order valence-corrected chi connectivity index (χ3v) is 6.88. The maximum absolute atomic E-state index is 13.1. The third-order valence-electron chi connectivity index (χ3n) is 6.88. The van der Waals surface area contributed by atoms with Crippen LogP contribution in [0.1, 0.15) is 103 Å². The van der Waals surface area contributed by atoms with Gasteiger partial charge in [0.15, 0.2) is 11.5 Å². The molecule has 1 amide bonds. The highest BCUT2D eigenvalue weighted by Gasteiger charge is 2.41. The number of nitrogens with zero attached hydrogens (tertiary/aromatic N) is 2. The number of rotatable bonds is 5. The zero-order chi connectivity index (χ0) is 21.2. The largest absolute Gasteiger partial charge is 0.370 e. The van der Waals surface area contributed by atoms with Crippen LogP contribution in [0.15, 0.2) is 4.79 Å². The van der Waals surface area contributed by atoms with Crippen molar-refractivity contribution >= 4 is 5.91 Å². The Hall–Kier alpha value is -1.76. The van der Waals surface area contributed by atoms with Gasteiger partial charge in [0.1, 0.15) is 6.10 Å². The van der Waals surface area contributed by atoms with Crippen LogP contribution in [-0.4, -0.2) is 27.7 Å². The number of ether oxygens (including phenoxy) is 1. The van der Waals surface area contributed by atoms with Crippen molar-refractivity contribution in [3.63, 3.8) is 0 Å². The van der Waals surface area contributed by atoms with Crippen LogP contribution in [0, 0.1) is 16.7 Å². The number of amides is 1. The van der Waals surface area contributed by atoms with Crippen molar-refractivity contribution in [2.45, 2.75) is 91.7 Å². The van der Waals surface area contributed by atoms with Crippen LogP contribution in [0.3, 0.4) is 0 Å². The molecule has 0 spiro atoms. The van der Waals surface area contributed by atoms with Crippen molar-refractivity contribution in [3.05, 3.63) is 21.9 Å². The van der Waals surface area contributed by atoms with Gasteiger partial charge in [-0.1, -0.05) is 34.6 Å². The molecule has 3 rings (SSSR count). The molecule has 1 aliphatic carbocycles. The molecule has 1 aromatic heterocycles. The summed E-state index contributed by atoms with van der Waals surface area (Å²) in [6.07, 6.45) is 6.06. The summed E-state index contributed by atoms with van der Waals surface area (Å²) in [4.78, 5) is 28.5. The molecule has 0 radical (unpaired) electrons. The van der Waals surface area contributed by atoms with E-state index in [1.807, 2.05) is 13.8 Å². The Morgan fingerprint density at radius 2 is 1.97 bits per heavy atom. The summed E-state index contributed by atoms with van der Waals surface area (Å²) in [6.45, 7) is 11.5. The third kappa shape index (κ3) is 4.87. The SMILES string of the molecule is CCC(NC(=O)C1(C)CCC(C(C)(C)C)CC1)c1nnc(C2CCCO2)[nH]c1=O. The minimum Gasteiger partial charge on any atom is -0.370 e. The van der Waals surface area contributed by atoms with Crippen molar-refractivity contribution in [1.29, 1.82) is 0 Å². The molecule has 2 fully saturated rings. The maximum Gasteiger partial charge on any atom is 0.275 e. The quantitative estimate of drug-likeness (QED) is 0.777. The van der Waals surface area contributed by atoms with E-state index in [9.17, 15) is 9.59 Å². The first-order chi connectivity index (χ1) is 13.6. The van der Waals surface area contributed by atoms with E-state index < -0.39 is 11.5 Å². The van der Waals surface area contributed by atoms with Crippen molar-refractivity contribution in [2.24, 2.45) is 16.7 Å². The van der Waals surface area contributed by atoms with E-state index in [-0.39, 0.29) is 28.7 Å². The summed E-state index contributed by atoms with van der Waals surface area (Å²) in [7, 11) is 0. The Labute approximate surface area is 173 Å². The Balaban J connectivity index is 1.68. The van der Waals surface area contributed by atoms with Gasteiger partial charge in [0.25, 0.3) is 5.56 Å². The molecule has 2 aliphatic rings. The van der Waals surface area contributed by atoms with E-state index >= 15 is 0 Å². The highest BCUT2D eigenvalue weighted by Crippen LogP contribution is 2.45. The first-order valence-electron chi connectivity index (χ1n) is 11.0. The highest BCUT2D eigenvalue weighted by atomic mass is 16.5. The summed E-state index contributed by atoms with van der Waals surface area (Å²) in [5.41, 5.74) is -0.140. The molecular weight excluding hydrogens is 368 g/mol. The molecule has 0 aromatic carbocycles. The number of H-pyrrole nitrogens is 1. The zero-order valence-corrected chi connectivity index (χ0v) is 18.5. The summed E-state index contributed by atoms with van der Waals surface area (Å²) >= 11 is 0. The van der Waals surface area contributed by atoms with Crippen molar-refractivity contribution < 1.29 is 9.53 Å². The Bertz CT molecular complexity index is 769. The monoisotopic (exact) mass is 404 g/mol. The lowest BCUT2D eigenvalue weighted by Gasteiger charge is -2.41. The van der Waals surface area contributed by atoms with Gasteiger partial charge in [-0.2, -0.15) is 0 Å². The van der Waals surface area contributed by atoms with E-state index in [2.05, 4.69) is 41.3 Å². The summed E-state index contributed by atoms with van der Waals surface area (Å²) < 4.78 is 5.57. The molecule has 1 saturated carbocycles. The van der Waals surface area contributed by atoms with Crippen LogP contribution in [0.25, 0.3) is 0 Å². The molecule has 2 heterocycles. The molecule has 2 atom stereocenters. The van der Waals surface area contributed by atoms with Gasteiger partial charge in [0.2, 0.25) is 5.91 Å². The summed E-state index contributed by atoms with van der Waals surface area (Å²) in [6, 6.07) is -0.436. The van der Waals surface area contributed by atoms with Crippen LogP contribution in [0.4, 0.5) is 0 Å². The highest BCUT2D eigenvalue weighted by molar-refractivity contribution is 5.82.